The molecule has 0 spiro atoms. The first-order chi connectivity index (χ1) is 5.81. The molecule has 0 unspecified atom stereocenters. The molecule has 1 aromatic rings. The molecule has 0 aromatic heterocycles. The average Bonchev–Trinajstić information content (AvgIpc) is 2.86. The highest BCUT2D eigenvalue weighted by molar-refractivity contribution is 5.32. The van der Waals surface area contributed by atoms with Crippen molar-refractivity contribution < 1.29 is 9.13 Å². The van der Waals surface area contributed by atoms with E-state index in [1.807, 2.05) is 6.07 Å². The Balaban J connectivity index is 2.30. The van der Waals surface area contributed by atoms with Gasteiger partial charge in [0.1, 0.15) is 0 Å². The predicted molar refractivity (Wildman–Crippen MR) is 44.9 cm³/mol. The third-order valence-electron chi connectivity index (χ3n) is 2.22. The Morgan fingerprint density at radius 3 is 2.67 bits per heavy atom. The van der Waals surface area contributed by atoms with Crippen molar-refractivity contribution in [2.75, 3.05) is 7.11 Å². The van der Waals surface area contributed by atoms with E-state index < -0.39 is 0 Å². The number of hydrogen-bond donors (Lipinski definition) is 0. The van der Waals surface area contributed by atoms with Crippen molar-refractivity contribution in [1.29, 1.82) is 0 Å². The standard InChI is InChI=1S/C10H11FO/c1-12-10-5-4-8(6-9(10)11)7-2-3-7/h4-7H,2-3H2,1H3. The highest BCUT2D eigenvalue weighted by Gasteiger charge is 2.24. The summed E-state index contributed by atoms with van der Waals surface area (Å²) in [6.45, 7) is 0. The average molecular weight is 166 g/mol. The molecule has 12 heavy (non-hydrogen) atoms. The molecule has 2 rings (SSSR count). The summed E-state index contributed by atoms with van der Waals surface area (Å²) in [7, 11) is 1.48. The van der Waals surface area contributed by atoms with Gasteiger partial charge in [0.25, 0.3) is 0 Å². The molecular formula is C10H11FO. The number of rotatable bonds is 2. The van der Waals surface area contributed by atoms with Crippen LogP contribution in [0.1, 0.15) is 24.3 Å². The summed E-state index contributed by atoms with van der Waals surface area (Å²) >= 11 is 0. The molecule has 1 saturated carbocycles. The Bertz CT molecular complexity index is 292. The first-order valence-electron chi connectivity index (χ1n) is 4.14. The molecule has 0 saturated heterocycles. The van der Waals surface area contributed by atoms with Gasteiger partial charge in [-0.15, -0.1) is 0 Å². The van der Waals surface area contributed by atoms with E-state index in [1.165, 1.54) is 20.0 Å². The fourth-order valence-corrected chi connectivity index (χ4v) is 1.35. The maximum absolute atomic E-state index is 13.1. The van der Waals surface area contributed by atoms with Gasteiger partial charge in [0.2, 0.25) is 0 Å². The maximum Gasteiger partial charge on any atom is 0.165 e. The number of benzene rings is 1. The Hall–Kier alpha value is -1.05. The van der Waals surface area contributed by atoms with E-state index in [1.54, 1.807) is 12.1 Å². The van der Waals surface area contributed by atoms with Crippen molar-refractivity contribution in [3.8, 4) is 5.75 Å². The second kappa shape index (κ2) is 2.77. The lowest BCUT2D eigenvalue weighted by molar-refractivity contribution is 0.386. The summed E-state index contributed by atoms with van der Waals surface area (Å²) in [4.78, 5) is 0. The summed E-state index contributed by atoms with van der Waals surface area (Å²) in [5.74, 6) is 0.687. The zero-order valence-electron chi connectivity index (χ0n) is 7.01. The largest absolute Gasteiger partial charge is 0.494 e. The van der Waals surface area contributed by atoms with Crippen LogP contribution in [0, 0.1) is 5.82 Å². The molecule has 2 heteroatoms. The van der Waals surface area contributed by atoms with Gasteiger partial charge >= 0.3 is 0 Å². The Labute approximate surface area is 71.2 Å². The second-order valence-corrected chi connectivity index (χ2v) is 3.17. The Morgan fingerprint density at radius 2 is 2.17 bits per heavy atom. The Kier molecular flexibility index (Phi) is 1.75. The van der Waals surface area contributed by atoms with Crippen LogP contribution in [-0.2, 0) is 0 Å². The molecule has 0 amide bonds. The number of ether oxygens (including phenoxy) is 1. The lowest BCUT2D eigenvalue weighted by Crippen LogP contribution is -1.89. The minimum atomic E-state index is -0.248. The molecule has 0 aliphatic heterocycles. The molecule has 0 bridgehead atoms. The molecule has 0 atom stereocenters. The van der Waals surface area contributed by atoms with Gasteiger partial charge in [-0.25, -0.2) is 4.39 Å². The van der Waals surface area contributed by atoms with Crippen LogP contribution in [0.5, 0.6) is 5.75 Å². The van der Waals surface area contributed by atoms with Crippen molar-refractivity contribution >= 4 is 0 Å². The van der Waals surface area contributed by atoms with E-state index in [0.29, 0.717) is 11.7 Å². The molecule has 1 aliphatic carbocycles. The zero-order chi connectivity index (χ0) is 8.55. The first kappa shape index (κ1) is 7.59. The summed E-state index contributed by atoms with van der Waals surface area (Å²) < 4.78 is 17.9. The highest BCUT2D eigenvalue weighted by Crippen LogP contribution is 2.40. The third kappa shape index (κ3) is 1.29. The van der Waals surface area contributed by atoms with Crippen molar-refractivity contribution in [3.63, 3.8) is 0 Å². The van der Waals surface area contributed by atoms with Crippen LogP contribution < -0.4 is 4.74 Å². The summed E-state index contributed by atoms with van der Waals surface area (Å²) in [5, 5.41) is 0. The summed E-state index contributed by atoms with van der Waals surface area (Å²) in [5.41, 5.74) is 1.10. The van der Waals surface area contributed by atoms with Crippen LogP contribution in [0.15, 0.2) is 18.2 Å². The van der Waals surface area contributed by atoms with Gasteiger partial charge in [0.15, 0.2) is 11.6 Å². The smallest absolute Gasteiger partial charge is 0.165 e. The second-order valence-electron chi connectivity index (χ2n) is 3.17. The van der Waals surface area contributed by atoms with Gasteiger partial charge in [-0.3, -0.25) is 0 Å². The lowest BCUT2D eigenvalue weighted by Gasteiger charge is -2.03. The first-order valence-corrected chi connectivity index (χ1v) is 4.14. The van der Waals surface area contributed by atoms with Crippen LogP contribution >= 0.6 is 0 Å². The summed E-state index contributed by atoms with van der Waals surface area (Å²) in [6, 6.07) is 5.22. The van der Waals surface area contributed by atoms with Gasteiger partial charge in [-0.1, -0.05) is 6.07 Å². The molecule has 1 fully saturated rings. The molecule has 1 aliphatic rings. The van der Waals surface area contributed by atoms with Crippen LogP contribution in [0.2, 0.25) is 0 Å². The van der Waals surface area contributed by atoms with Gasteiger partial charge in [0, 0.05) is 0 Å². The van der Waals surface area contributed by atoms with Crippen LogP contribution in [0.25, 0.3) is 0 Å². The molecular weight excluding hydrogens is 155 g/mol. The molecule has 1 aromatic carbocycles. The van der Waals surface area contributed by atoms with Gasteiger partial charge < -0.3 is 4.74 Å². The van der Waals surface area contributed by atoms with E-state index in [0.717, 1.165) is 5.56 Å². The van der Waals surface area contributed by atoms with E-state index in [2.05, 4.69) is 0 Å². The van der Waals surface area contributed by atoms with E-state index >= 15 is 0 Å². The monoisotopic (exact) mass is 166 g/mol. The van der Waals surface area contributed by atoms with Crippen LogP contribution in [0.3, 0.4) is 0 Å². The molecule has 0 heterocycles. The van der Waals surface area contributed by atoms with Crippen molar-refractivity contribution in [3.05, 3.63) is 29.6 Å². The van der Waals surface area contributed by atoms with Gasteiger partial charge in [-0.05, 0) is 36.5 Å². The summed E-state index contributed by atoms with van der Waals surface area (Å²) in [6.07, 6.45) is 2.40. The maximum atomic E-state index is 13.1. The molecule has 64 valence electrons. The van der Waals surface area contributed by atoms with Gasteiger partial charge in [0.05, 0.1) is 7.11 Å². The van der Waals surface area contributed by atoms with Gasteiger partial charge in [-0.2, -0.15) is 0 Å². The molecule has 0 radical (unpaired) electrons. The van der Waals surface area contributed by atoms with Crippen molar-refractivity contribution in [1.82, 2.24) is 0 Å². The topological polar surface area (TPSA) is 9.23 Å². The van der Waals surface area contributed by atoms with Crippen molar-refractivity contribution in [2.24, 2.45) is 0 Å². The highest BCUT2D eigenvalue weighted by atomic mass is 19.1. The SMILES string of the molecule is COc1ccc(C2CC2)cc1F. The fraction of sp³-hybridized carbons (Fsp3) is 0.400. The van der Waals surface area contributed by atoms with E-state index in [-0.39, 0.29) is 5.82 Å². The third-order valence-corrected chi connectivity index (χ3v) is 2.22. The molecule has 1 nitrogen and oxygen atoms in total. The Morgan fingerprint density at radius 1 is 1.42 bits per heavy atom. The quantitative estimate of drug-likeness (QED) is 0.656. The fourth-order valence-electron chi connectivity index (χ4n) is 1.35. The zero-order valence-corrected chi connectivity index (χ0v) is 7.01. The number of halogens is 1. The predicted octanol–water partition coefficient (Wildman–Crippen LogP) is 2.71. The van der Waals surface area contributed by atoms with E-state index in [9.17, 15) is 4.39 Å². The molecule has 0 N–H and O–H groups in total. The number of hydrogen-bond acceptors (Lipinski definition) is 1. The lowest BCUT2D eigenvalue weighted by atomic mass is 10.1. The van der Waals surface area contributed by atoms with Crippen LogP contribution in [-0.4, -0.2) is 7.11 Å². The van der Waals surface area contributed by atoms with E-state index in [4.69, 9.17) is 4.74 Å². The minimum absolute atomic E-state index is 0.248. The van der Waals surface area contributed by atoms with Crippen molar-refractivity contribution in [2.45, 2.75) is 18.8 Å². The number of methoxy groups -OCH3 is 1. The normalized spacial score (nSPS) is 16.2. The minimum Gasteiger partial charge on any atom is -0.494 e. The van der Waals surface area contributed by atoms with Crippen LogP contribution in [0.4, 0.5) is 4.39 Å².